The predicted molar refractivity (Wildman–Crippen MR) is 87.5 cm³/mol. The number of carbonyl (C=O) groups excluding carboxylic acids is 1. The fraction of sp³-hybridized carbons (Fsp3) is 0.588. The van der Waals surface area contributed by atoms with Crippen LogP contribution in [0.4, 0.5) is 0 Å². The lowest BCUT2D eigenvalue weighted by atomic mass is 10.1. The van der Waals surface area contributed by atoms with Gasteiger partial charge in [-0.3, -0.25) is 9.69 Å². The maximum atomic E-state index is 12.5. The molecule has 0 unspecified atom stereocenters. The Labute approximate surface area is 137 Å². The van der Waals surface area contributed by atoms with Crippen LogP contribution < -0.4 is 10.1 Å². The second-order valence-electron chi connectivity index (χ2n) is 5.99. The van der Waals surface area contributed by atoms with Crippen molar-refractivity contribution in [3.8, 4) is 5.75 Å². The zero-order valence-corrected chi connectivity index (χ0v) is 13.7. The maximum Gasteiger partial charge on any atom is 0.242 e. The van der Waals surface area contributed by atoms with Crippen LogP contribution >= 0.6 is 0 Å². The van der Waals surface area contributed by atoms with E-state index < -0.39 is 0 Å². The molecule has 0 aliphatic carbocycles. The van der Waals surface area contributed by atoms with Gasteiger partial charge in [-0.15, -0.1) is 0 Å². The molecule has 0 saturated carbocycles. The molecule has 1 N–H and O–H groups in total. The molecular formula is C17H25N3O3. The quantitative estimate of drug-likeness (QED) is 0.867. The maximum absolute atomic E-state index is 12.5. The number of nitrogens with zero attached hydrogens (tertiary/aromatic N) is 2. The molecule has 2 saturated heterocycles. The fourth-order valence-electron chi connectivity index (χ4n) is 3.15. The monoisotopic (exact) mass is 319 g/mol. The molecule has 2 aliphatic rings. The van der Waals surface area contributed by atoms with Gasteiger partial charge in [0.1, 0.15) is 11.8 Å². The number of carbonyl (C=O) groups is 1. The van der Waals surface area contributed by atoms with Crippen LogP contribution in [0.1, 0.15) is 5.56 Å². The number of nitrogens with one attached hydrogen (secondary N) is 1. The Balaban J connectivity index is 1.51. The molecule has 23 heavy (non-hydrogen) atoms. The van der Waals surface area contributed by atoms with Crippen molar-refractivity contribution in [2.45, 2.75) is 12.6 Å². The second-order valence-corrected chi connectivity index (χ2v) is 5.99. The minimum Gasteiger partial charge on any atom is -0.496 e. The van der Waals surface area contributed by atoms with Gasteiger partial charge in [0.25, 0.3) is 0 Å². The first-order valence-electron chi connectivity index (χ1n) is 8.22. The van der Waals surface area contributed by atoms with Gasteiger partial charge >= 0.3 is 0 Å². The SMILES string of the molecule is COc1ccccc1CN1CCN(C(=O)[C@H]2COCCN2)CC1. The van der Waals surface area contributed by atoms with E-state index in [1.807, 2.05) is 23.1 Å². The van der Waals surface area contributed by atoms with Crippen LogP contribution in [-0.4, -0.2) is 74.8 Å². The highest BCUT2D eigenvalue weighted by Crippen LogP contribution is 2.20. The number of piperazine rings is 1. The van der Waals surface area contributed by atoms with Crippen molar-refractivity contribution in [3.63, 3.8) is 0 Å². The minimum atomic E-state index is -0.176. The molecule has 1 aromatic carbocycles. The van der Waals surface area contributed by atoms with Crippen molar-refractivity contribution in [2.24, 2.45) is 0 Å². The van der Waals surface area contributed by atoms with Gasteiger partial charge in [-0.25, -0.2) is 0 Å². The Morgan fingerprint density at radius 2 is 2.09 bits per heavy atom. The molecule has 2 heterocycles. The summed E-state index contributed by atoms with van der Waals surface area (Å²) >= 11 is 0. The van der Waals surface area contributed by atoms with Crippen molar-refractivity contribution in [1.82, 2.24) is 15.1 Å². The number of ether oxygens (including phenoxy) is 2. The van der Waals surface area contributed by atoms with Gasteiger partial charge in [0, 0.05) is 44.8 Å². The number of hydrogen-bond donors (Lipinski definition) is 1. The van der Waals surface area contributed by atoms with Gasteiger partial charge < -0.3 is 19.7 Å². The summed E-state index contributed by atoms with van der Waals surface area (Å²) in [7, 11) is 1.70. The third-order valence-corrected chi connectivity index (χ3v) is 4.49. The number of methoxy groups -OCH3 is 1. The Morgan fingerprint density at radius 3 is 2.78 bits per heavy atom. The van der Waals surface area contributed by atoms with Crippen LogP contribution in [0.25, 0.3) is 0 Å². The van der Waals surface area contributed by atoms with Crippen molar-refractivity contribution in [2.75, 3.05) is 53.0 Å². The zero-order valence-electron chi connectivity index (χ0n) is 13.7. The molecule has 0 spiro atoms. The van der Waals surface area contributed by atoms with Gasteiger partial charge in [-0.2, -0.15) is 0 Å². The van der Waals surface area contributed by atoms with Crippen molar-refractivity contribution in [3.05, 3.63) is 29.8 Å². The first-order chi connectivity index (χ1) is 11.3. The molecule has 126 valence electrons. The lowest BCUT2D eigenvalue weighted by Gasteiger charge is -2.37. The number of benzene rings is 1. The van der Waals surface area contributed by atoms with E-state index in [0.717, 1.165) is 45.0 Å². The van der Waals surface area contributed by atoms with Gasteiger partial charge in [-0.1, -0.05) is 18.2 Å². The molecule has 1 aromatic rings. The lowest BCUT2D eigenvalue weighted by Crippen LogP contribution is -2.57. The average Bonchev–Trinajstić information content (AvgIpc) is 2.63. The summed E-state index contributed by atoms with van der Waals surface area (Å²) in [5.41, 5.74) is 1.19. The summed E-state index contributed by atoms with van der Waals surface area (Å²) in [4.78, 5) is 16.8. The molecule has 0 aromatic heterocycles. The summed E-state index contributed by atoms with van der Waals surface area (Å²) in [6.07, 6.45) is 0. The summed E-state index contributed by atoms with van der Waals surface area (Å²) < 4.78 is 10.8. The van der Waals surface area contributed by atoms with E-state index in [0.29, 0.717) is 13.2 Å². The Morgan fingerprint density at radius 1 is 1.30 bits per heavy atom. The average molecular weight is 319 g/mol. The van der Waals surface area contributed by atoms with E-state index in [-0.39, 0.29) is 11.9 Å². The summed E-state index contributed by atoms with van der Waals surface area (Å²) in [6, 6.07) is 7.93. The molecule has 1 atom stereocenters. The minimum absolute atomic E-state index is 0.168. The van der Waals surface area contributed by atoms with E-state index in [9.17, 15) is 4.79 Å². The first-order valence-corrected chi connectivity index (χ1v) is 8.22. The Kier molecular flexibility index (Phi) is 5.48. The molecule has 3 rings (SSSR count). The molecular weight excluding hydrogens is 294 g/mol. The van der Waals surface area contributed by atoms with E-state index in [4.69, 9.17) is 9.47 Å². The molecule has 2 fully saturated rings. The van der Waals surface area contributed by atoms with Crippen LogP contribution in [0.5, 0.6) is 5.75 Å². The van der Waals surface area contributed by atoms with E-state index in [1.54, 1.807) is 7.11 Å². The number of hydrogen-bond acceptors (Lipinski definition) is 5. The normalized spacial score (nSPS) is 22.8. The Bertz CT molecular complexity index is 524. The van der Waals surface area contributed by atoms with Crippen molar-refractivity contribution >= 4 is 5.91 Å². The second kappa shape index (κ2) is 7.77. The highest BCUT2D eigenvalue weighted by atomic mass is 16.5. The number of morpholine rings is 1. The predicted octanol–water partition coefficient (Wildman–Crippen LogP) is 0.328. The topological polar surface area (TPSA) is 54.0 Å². The fourth-order valence-corrected chi connectivity index (χ4v) is 3.15. The van der Waals surface area contributed by atoms with Crippen LogP contribution in [-0.2, 0) is 16.1 Å². The molecule has 0 radical (unpaired) electrons. The summed E-state index contributed by atoms with van der Waals surface area (Å²) in [6.45, 7) is 6.10. The molecule has 6 heteroatoms. The number of amides is 1. The largest absolute Gasteiger partial charge is 0.496 e. The zero-order chi connectivity index (χ0) is 16.1. The molecule has 2 aliphatic heterocycles. The third-order valence-electron chi connectivity index (χ3n) is 4.49. The van der Waals surface area contributed by atoms with Crippen LogP contribution in [0.2, 0.25) is 0 Å². The van der Waals surface area contributed by atoms with Crippen LogP contribution in [0, 0.1) is 0 Å². The Hall–Kier alpha value is -1.63. The van der Waals surface area contributed by atoms with Gasteiger partial charge in [-0.05, 0) is 6.07 Å². The van der Waals surface area contributed by atoms with Gasteiger partial charge in [0.05, 0.1) is 20.3 Å². The van der Waals surface area contributed by atoms with Crippen LogP contribution in [0.3, 0.4) is 0 Å². The standard InChI is InChI=1S/C17H25N3O3/c1-22-16-5-3-2-4-14(16)12-19-7-9-20(10-8-19)17(21)15-13-23-11-6-18-15/h2-5,15,18H,6-13H2,1H3/t15-/m1/s1. The van der Waals surface area contributed by atoms with E-state index in [1.165, 1.54) is 5.56 Å². The number of para-hydroxylation sites is 1. The van der Waals surface area contributed by atoms with Crippen molar-refractivity contribution < 1.29 is 14.3 Å². The van der Waals surface area contributed by atoms with E-state index >= 15 is 0 Å². The van der Waals surface area contributed by atoms with Crippen LogP contribution in [0.15, 0.2) is 24.3 Å². The first kappa shape index (κ1) is 16.2. The lowest BCUT2D eigenvalue weighted by molar-refractivity contribution is -0.138. The third kappa shape index (κ3) is 4.02. The highest BCUT2D eigenvalue weighted by Gasteiger charge is 2.28. The van der Waals surface area contributed by atoms with Crippen molar-refractivity contribution in [1.29, 1.82) is 0 Å². The molecule has 6 nitrogen and oxygen atoms in total. The molecule has 1 amide bonds. The molecule has 0 bridgehead atoms. The smallest absolute Gasteiger partial charge is 0.242 e. The van der Waals surface area contributed by atoms with Gasteiger partial charge in [0.15, 0.2) is 0 Å². The summed E-state index contributed by atoms with van der Waals surface area (Å²) in [5.74, 6) is 1.09. The highest BCUT2D eigenvalue weighted by molar-refractivity contribution is 5.82. The summed E-state index contributed by atoms with van der Waals surface area (Å²) in [5, 5.41) is 3.24. The van der Waals surface area contributed by atoms with Gasteiger partial charge in [0.2, 0.25) is 5.91 Å². The van der Waals surface area contributed by atoms with E-state index in [2.05, 4.69) is 16.3 Å². The number of rotatable bonds is 4.